The fraction of sp³-hybridized carbons (Fsp3) is 0.429. The van der Waals surface area contributed by atoms with Crippen LogP contribution < -0.4 is 9.47 Å². The number of carbonyl (C=O) groups excluding carboxylic acids is 4. The number of rotatable bonds is 9. The standard InChI is InChI=1S/C28H32O10/c1-33-17-10-7-15(8-11-17)21-20(23(25(29)35-3)26(30)36-4)13-16-9-12-18(34-2)14-19(16)22(21)24(27(31)37-5)28(32)38-6/h7-12,14,20-24H,13H2,1-6H3. The molecule has 10 heteroatoms. The van der Waals surface area contributed by atoms with Crippen molar-refractivity contribution < 1.29 is 47.6 Å². The van der Waals surface area contributed by atoms with Gasteiger partial charge in [0.1, 0.15) is 11.5 Å². The van der Waals surface area contributed by atoms with Crippen molar-refractivity contribution in [3.8, 4) is 11.5 Å². The molecule has 0 saturated heterocycles. The van der Waals surface area contributed by atoms with E-state index in [0.29, 0.717) is 22.6 Å². The molecule has 3 unspecified atom stereocenters. The van der Waals surface area contributed by atoms with Crippen LogP contribution in [0.25, 0.3) is 0 Å². The molecule has 0 amide bonds. The van der Waals surface area contributed by atoms with Crippen LogP contribution in [0.3, 0.4) is 0 Å². The predicted molar refractivity (Wildman–Crippen MR) is 134 cm³/mol. The zero-order chi connectivity index (χ0) is 28.0. The number of hydrogen-bond donors (Lipinski definition) is 0. The lowest BCUT2D eigenvalue weighted by atomic mass is 9.59. The summed E-state index contributed by atoms with van der Waals surface area (Å²) in [6.45, 7) is 0. The first-order chi connectivity index (χ1) is 18.3. The second-order valence-electron chi connectivity index (χ2n) is 8.81. The lowest BCUT2D eigenvalue weighted by Gasteiger charge is -2.43. The Kier molecular flexibility index (Phi) is 9.33. The van der Waals surface area contributed by atoms with Crippen molar-refractivity contribution in [1.29, 1.82) is 0 Å². The van der Waals surface area contributed by atoms with Crippen LogP contribution in [0.4, 0.5) is 0 Å². The Morgan fingerprint density at radius 1 is 0.658 bits per heavy atom. The van der Waals surface area contributed by atoms with Crippen molar-refractivity contribution in [1.82, 2.24) is 0 Å². The van der Waals surface area contributed by atoms with Gasteiger partial charge >= 0.3 is 23.9 Å². The van der Waals surface area contributed by atoms with Gasteiger partial charge in [-0.2, -0.15) is 0 Å². The average Bonchev–Trinajstić information content (AvgIpc) is 2.96. The Labute approximate surface area is 221 Å². The molecule has 0 aromatic heterocycles. The smallest absolute Gasteiger partial charge is 0.320 e. The van der Waals surface area contributed by atoms with Gasteiger partial charge in [-0.15, -0.1) is 0 Å². The van der Waals surface area contributed by atoms with Gasteiger partial charge < -0.3 is 28.4 Å². The van der Waals surface area contributed by atoms with Gasteiger partial charge in [0.15, 0.2) is 11.8 Å². The highest BCUT2D eigenvalue weighted by Gasteiger charge is 2.53. The van der Waals surface area contributed by atoms with Crippen molar-refractivity contribution in [2.45, 2.75) is 18.3 Å². The first-order valence-corrected chi connectivity index (χ1v) is 11.9. The van der Waals surface area contributed by atoms with E-state index < -0.39 is 53.5 Å². The molecule has 0 fully saturated rings. The molecule has 0 bridgehead atoms. The van der Waals surface area contributed by atoms with Crippen LogP contribution in [-0.4, -0.2) is 66.5 Å². The second-order valence-corrected chi connectivity index (χ2v) is 8.81. The topological polar surface area (TPSA) is 124 Å². The van der Waals surface area contributed by atoms with E-state index in [9.17, 15) is 19.2 Å². The molecule has 0 aliphatic heterocycles. The summed E-state index contributed by atoms with van der Waals surface area (Å²) in [6, 6.07) is 12.3. The maximum atomic E-state index is 13.2. The minimum absolute atomic E-state index is 0.246. The van der Waals surface area contributed by atoms with Crippen LogP contribution in [0.5, 0.6) is 11.5 Å². The van der Waals surface area contributed by atoms with Gasteiger partial charge in [-0.05, 0) is 59.2 Å². The van der Waals surface area contributed by atoms with Crippen molar-refractivity contribution in [2.75, 3.05) is 42.7 Å². The van der Waals surface area contributed by atoms with E-state index in [4.69, 9.17) is 28.4 Å². The summed E-state index contributed by atoms with van der Waals surface area (Å²) in [5.74, 6) is -7.27. The van der Waals surface area contributed by atoms with Crippen LogP contribution in [0.2, 0.25) is 0 Å². The zero-order valence-corrected chi connectivity index (χ0v) is 22.2. The zero-order valence-electron chi connectivity index (χ0n) is 22.2. The molecule has 3 rings (SSSR count). The van der Waals surface area contributed by atoms with E-state index in [1.165, 1.54) is 42.7 Å². The molecule has 38 heavy (non-hydrogen) atoms. The van der Waals surface area contributed by atoms with Crippen LogP contribution >= 0.6 is 0 Å². The summed E-state index contributed by atoms with van der Waals surface area (Å²) in [7, 11) is 7.76. The molecule has 0 heterocycles. The number of carbonyl (C=O) groups is 4. The summed E-state index contributed by atoms with van der Waals surface area (Å²) >= 11 is 0. The number of ether oxygens (including phenoxy) is 6. The van der Waals surface area contributed by atoms with Gasteiger partial charge in [0.2, 0.25) is 0 Å². The van der Waals surface area contributed by atoms with Gasteiger partial charge in [-0.1, -0.05) is 18.2 Å². The molecule has 1 aliphatic carbocycles. The van der Waals surface area contributed by atoms with Crippen LogP contribution in [-0.2, 0) is 44.5 Å². The third kappa shape index (κ3) is 5.44. The number of esters is 4. The van der Waals surface area contributed by atoms with E-state index in [1.807, 2.05) is 0 Å². The molecule has 2 aromatic rings. The maximum Gasteiger partial charge on any atom is 0.320 e. The highest BCUT2D eigenvalue weighted by Crippen LogP contribution is 2.53. The first kappa shape index (κ1) is 28.5. The summed E-state index contributed by atoms with van der Waals surface area (Å²) in [6.07, 6.45) is 0.246. The van der Waals surface area contributed by atoms with E-state index in [-0.39, 0.29) is 6.42 Å². The molecule has 0 spiro atoms. The molecule has 2 aromatic carbocycles. The highest BCUT2D eigenvalue weighted by molar-refractivity contribution is 5.97. The summed E-state index contributed by atoms with van der Waals surface area (Å²) < 4.78 is 30.8. The summed E-state index contributed by atoms with van der Waals surface area (Å²) in [5.41, 5.74) is 2.02. The third-order valence-corrected chi connectivity index (χ3v) is 7.12. The Hall–Kier alpha value is -4.08. The second kappa shape index (κ2) is 12.4. The Morgan fingerprint density at radius 2 is 1.13 bits per heavy atom. The molecular weight excluding hydrogens is 496 g/mol. The average molecular weight is 529 g/mol. The van der Waals surface area contributed by atoms with Gasteiger partial charge in [0.05, 0.1) is 42.7 Å². The van der Waals surface area contributed by atoms with Crippen LogP contribution in [0.1, 0.15) is 28.5 Å². The summed E-state index contributed by atoms with van der Waals surface area (Å²) in [5, 5.41) is 0. The van der Waals surface area contributed by atoms with E-state index in [1.54, 1.807) is 42.5 Å². The van der Waals surface area contributed by atoms with E-state index in [0.717, 1.165) is 5.56 Å². The van der Waals surface area contributed by atoms with E-state index >= 15 is 0 Å². The molecule has 0 saturated carbocycles. The summed E-state index contributed by atoms with van der Waals surface area (Å²) in [4.78, 5) is 52.3. The molecular formula is C28H32O10. The number of benzene rings is 2. The number of fused-ring (bicyclic) bond motifs is 1. The monoisotopic (exact) mass is 528 g/mol. The van der Waals surface area contributed by atoms with Crippen LogP contribution in [0.15, 0.2) is 42.5 Å². The predicted octanol–water partition coefficient (Wildman–Crippen LogP) is 2.67. The Balaban J connectivity index is 2.40. The van der Waals surface area contributed by atoms with Crippen LogP contribution in [0, 0.1) is 17.8 Å². The molecule has 1 aliphatic rings. The molecule has 0 N–H and O–H groups in total. The minimum atomic E-state index is -1.42. The van der Waals surface area contributed by atoms with Gasteiger partial charge in [0, 0.05) is 5.92 Å². The van der Waals surface area contributed by atoms with Crippen molar-refractivity contribution in [3.63, 3.8) is 0 Å². The van der Waals surface area contributed by atoms with Gasteiger partial charge in [0.25, 0.3) is 0 Å². The Morgan fingerprint density at radius 3 is 1.61 bits per heavy atom. The maximum absolute atomic E-state index is 13.2. The molecule has 3 atom stereocenters. The largest absolute Gasteiger partial charge is 0.497 e. The SMILES string of the molecule is COC(=O)C(C(=O)OC)C1Cc2ccc(OC)cc2C(C(C(=O)OC)C(=O)OC)C1c1ccc(OC)cc1. The fourth-order valence-electron chi connectivity index (χ4n) is 5.37. The normalized spacial score (nSPS) is 18.3. The van der Waals surface area contributed by atoms with Crippen molar-refractivity contribution in [3.05, 3.63) is 59.2 Å². The van der Waals surface area contributed by atoms with Crippen molar-refractivity contribution >= 4 is 23.9 Å². The van der Waals surface area contributed by atoms with Gasteiger partial charge in [-0.25, -0.2) is 0 Å². The molecule has 10 nitrogen and oxygen atoms in total. The quantitative estimate of drug-likeness (QED) is 0.273. The van der Waals surface area contributed by atoms with Gasteiger partial charge in [-0.3, -0.25) is 19.2 Å². The molecule has 204 valence electrons. The lowest BCUT2D eigenvalue weighted by molar-refractivity contribution is -0.163. The lowest BCUT2D eigenvalue weighted by Crippen LogP contribution is -2.45. The molecule has 0 radical (unpaired) electrons. The third-order valence-electron chi connectivity index (χ3n) is 7.12. The minimum Gasteiger partial charge on any atom is -0.497 e. The highest BCUT2D eigenvalue weighted by atomic mass is 16.6. The number of methoxy groups -OCH3 is 6. The fourth-order valence-corrected chi connectivity index (χ4v) is 5.37. The first-order valence-electron chi connectivity index (χ1n) is 11.9. The Bertz CT molecular complexity index is 1140. The van der Waals surface area contributed by atoms with Crippen molar-refractivity contribution in [2.24, 2.45) is 17.8 Å². The van der Waals surface area contributed by atoms with E-state index in [2.05, 4.69) is 0 Å². The number of hydrogen-bond acceptors (Lipinski definition) is 10.